The smallest absolute Gasteiger partial charge is 0.243 e. The van der Waals surface area contributed by atoms with Gasteiger partial charge < -0.3 is 0 Å². The third kappa shape index (κ3) is 3.05. The van der Waals surface area contributed by atoms with Gasteiger partial charge >= 0.3 is 0 Å². The average molecular weight is 276 g/mol. The second-order valence-corrected chi connectivity index (χ2v) is 4.91. The number of nitrogens with zero attached hydrogens (tertiary/aromatic N) is 3. The molecule has 4 heteroatoms. The summed E-state index contributed by atoms with van der Waals surface area (Å²) in [6.45, 7) is 3.88. The minimum Gasteiger partial charge on any atom is -0.245 e. The zero-order chi connectivity index (χ0) is 14.7. The standard InChI is InChI=1S/C17H16N4/c1-12-10-13(2)20-17(19-12)21-18-11-15-8-5-7-14-6-3-4-9-16(14)15/h3-11H,1-2H3,(H,19,20,21)/b18-11+. The quantitative estimate of drug-likeness (QED) is 0.586. The Labute approximate surface area is 123 Å². The number of nitrogens with one attached hydrogen (secondary N) is 1. The Morgan fingerprint density at radius 1 is 0.952 bits per heavy atom. The van der Waals surface area contributed by atoms with E-state index in [2.05, 4.69) is 38.7 Å². The molecule has 0 fully saturated rings. The molecule has 0 bridgehead atoms. The first-order valence-electron chi connectivity index (χ1n) is 6.81. The highest BCUT2D eigenvalue weighted by Crippen LogP contribution is 2.16. The van der Waals surface area contributed by atoms with E-state index < -0.39 is 0 Å². The molecule has 3 rings (SSSR count). The highest BCUT2D eigenvalue weighted by atomic mass is 15.3. The summed E-state index contributed by atoms with van der Waals surface area (Å²) in [7, 11) is 0. The van der Waals surface area contributed by atoms with Crippen LogP contribution in [0.1, 0.15) is 17.0 Å². The zero-order valence-corrected chi connectivity index (χ0v) is 12.0. The molecule has 21 heavy (non-hydrogen) atoms. The van der Waals surface area contributed by atoms with Crippen molar-refractivity contribution < 1.29 is 0 Å². The molecule has 0 aliphatic heterocycles. The molecule has 3 aromatic rings. The average Bonchev–Trinajstić information content (AvgIpc) is 2.46. The lowest BCUT2D eigenvalue weighted by Crippen LogP contribution is -1.99. The highest BCUT2D eigenvalue weighted by Gasteiger charge is 1.99. The Bertz CT molecular complexity index is 783. The number of anilines is 1. The lowest BCUT2D eigenvalue weighted by molar-refractivity contribution is 1.04. The van der Waals surface area contributed by atoms with Crippen LogP contribution in [0.3, 0.4) is 0 Å². The van der Waals surface area contributed by atoms with Gasteiger partial charge in [-0.15, -0.1) is 0 Å². The summed E-state index contributed by atoms with van der Waals surface area (Å²) in [6, 6.07) is 16.3. The van der Waals surface area contributed by atoms with E-state index in [1.165, 1.54) is 10.8 Å². The van der Waals surface area contributed by atoms with E-state index in [-0.39, 0.29) is 0 Å². The number of hydrazone groups is 1. The molecular weight excluding hydrogens is 260 g/mol. The molecule has 0 saturated heterocycles. The van der Waals surface area contributed by atoms with Crippen LogP contribution < -0.4 is 5.43 Å². The van der Waals surface area contributed by atoms with Crippen molar-refractivity contribution in [2.75, 3.05) is 5.43 Å². The Kier molecular flexibility index (Phi) is 3.60. The summed E-state index contributed by atoms with van der Waals surface area (Å²) in [6.07, 6.45) is 1.80. The first-order valence-corrected chi connectivity index (χ1v) is 6.81. The first kappa shape index (κ1) is 13.2. The largest absolute Gasteiger partial charge is 0.245 e. The molecule has 1 aromatic heterocycles. The monoisotopic (exact) mass is 276 g/mol. The van der Waals surface area contributed by atoms with Crippen LogP contribution in [0, 0.1) is 13.8 Å². The second-order valence-electron chi connectivity index (χ2n) is 4.91. The van der Waals surface area contributed by atoms with E-state index in [0.29, 0.717) is 5.95 Å². The van der Waals surface area contributed by atoms with Crippen LogP contribution in [-0.2, 0) is 0 Å². The normalized spacial score (nSPS) is 11.1. The molecule has 0 atom stereocenters. The van der Waals surface area contributed by atoms with Gasteiger partial charge in [0.25, 0.3) is 0 Å². The Balaban J connectivity index is 1.85. The fourth-order valence-electron chi connectivity index (χ4n) is 2.30. The number of fused-ring (bicyclic) bond motifs is 1. The summed E-state index contributed by atoms with van der Waals surface area (Å²) >= 11 is 0. The van der Waals surface area contributed by atoms with Crippen LogP contribution in [0.4, 0.5) is 5.95 Å². The second kappa shape index (κ2) is 5.71. The maximum absolute atomic E-state index is 4.29. The molecule has 0 spiro atoms. The number of benzene rings is 2. The zero-order valence-electron chi connectivity index (χ0n) is 12.0. The van der Waals surface area contributed by atoms with Gasteiger partial charge in [-0.3, -0.25) is 0 Å². The summed E-state index contributed by atoms with van der Waals surface area (Å²) in [5.74, 6) is 0.518. The van der Waals surface area contributed by atoms with E-state index >= 15 is 0 Å². The van der Waals surface area contributed by atoms with Gasteiger partial charge in [0, 0.05) is 17.0 Å². The lowest BCUT2D eigenvalue weighted by Gasteiger charge is -2.03. The van der Waals surface area contributed by atoms with Crippen molar-refractivity contribution in [1.29, 1.82) is 0 Å². The first-order chi connectivity index (χ1) is 10.2. The van der Waals surface area contributed by atoms with Crippen LogP contribution in [0.2, 0.25) is 0 Å². The van der Waals surface area contributed by atoms with Crippen molar-refractivity contribution in [1.82, 2.24) is 9.97 Å². The summed E-state index contributed by atoms with van der Waals surface area (Å²) < 4.78 is 0. The van der Waals surface area contributed by atoms with Crippen LogP contribution in [0.5, 0.6) is 0 Å². The van der Waals surface area contributed by atoms with Gasteiger partial charge in [-0.25, -0.2) is 15.4 Å². The van der Waals surface area contributed by atoms with Crippen LogP contribution in [0.25, 0.3) is 10.8 Å². The van der Waals surface area contributed by atoms with Crippen molar-refractivity contribution in [3.05, 3.63) is 65.5 Å². The van der Waals surface area contributed by atoms with Gasteiger partial charge in [0.05, 0.1) is 6.21 Å². The molecule has 0 aliphatic carbocycles. The Morgan fingerprint density at radius 2 is 1.67 bits per heavy atom. The van der Waals surface area contributed by atoms with E-state index in [4.69, 9.17) is 0 Å². The van der Waals surface area contributed by atoms with Gasteiger partial charge in [0.2, 0.25) is 5.95 Å². The van der Waals surface area contributed by atoms with E-state index in [0.717, 1.165) is 17.0 Å². The molecule has 1 N–H and O–H groups in total. The van der Waals surface area contributed by atoms with Gasteiger partial charge in [0.15, 0.2) is 0 Å². The van der Waals surface area contributed by atoms with Gasteiger partial charge in [-0.1, -0.05) is 42.5 Å². The minimum atomic E-state index is 0.518. The third-order valence-electron chi connectivity index (χ3n) is 3.17. The van der Waals surface area contributed by atoms with Crippen molar-refractivity contribution >= 4 is 22.9 Å². The molecule has 0 amide bonds. The number of hydrogen-bond acceptors (Lipinski definition) is 4. The third-order valence-corrected chi connectivity index (χ3v) is 3.17. The van der Waals surface area contributed by atoms with Crippen molar-refractivity contribution in [2.45, 2.75) is 13.8 Å². The summed E-state index contributed by atoms with van der Waals surface area (Å²) in [5.41, 5.74) is 5.79. The Morgan fingerprint density at radius 3 is 2.48 bits per heavy atom. The fraction of sp³-hybridized carbons (Fsp3) is 0.118. The SMILES string of the molecule is Cc1cc(C)nc(N/N=C/c2cccc3ccccc23)n1. The number of rotatable bonds is 3. The number of aryl methyl sites for hydroxylation is 2. The molecule has 1 heterocycles. The molecule has 0 unspecified atom stereocenters. The highest BCUT2D eigenvalue weighted by molar-refractivity contribution is 5.99. The van der Waals surface area contributed by atoms with E-state index in [9.17, 15) is 0 Å². The minimum absolute atomic E-state index is 0.518. The van der Waals surface area contributed by atoms with Crippen LogP contribution in [0.15, 0.2) is 53.6 Å². The predicted molar refractivity (Wildman–Crippen MR) is 86.7 cm³/mol. The number of aromatic nitrogens is 2. The number of hydrogen-bond donors (Lipinski definition) is 1. The Hall–Kier alpha value is -2.75. The summed E-state index contributed by atoms with van der Waals surface area (Å²) in [5, 5.41) is 6.62. The molecule has 104 valence electrons. The van der Waals surface area contributed by atoms with Gasteiger partial charge in [-0.2, -0.15) is 5.10 Å². The van der Waals surface area contributed by atoms with Crippen LogP contribution >= 0.6 is 0 Å². The maximum atomic E-state index is 4.29. The fourth-order valence-corrected chi connectivity index (χ4v) is 2.30. The molecule has 0 aliphatic rings. The molecular formula is C17H16N4. The molecule has 0 saturated carbocycles. The lowest BCUT2D eigenvalue weighted by atomic mass is 10.1. The van der Waals surface area contributed by atoms with Gasteiger partial charge in [0.1, 0.15) is 0 Å². The summed E-state index contributed by atoms with van der Waals surface area (Å²) in [4.78, 5) is 8.58. The predicted octanol–water partition coefficient (Wildman–Crippen LogP) is 3.69. The van der Waals surface area contributed by atoms with Crippen molar-refractivity contribution in [3.63, 3.8) is 0 Å². The van der Waals surface area contributed by atoms with E-state index in [1.54, 1.807) is 6.21 Å². The molecule has 4 nitrogen and oxygen atoms in total. The van der Waals surface area contributed by atoms with E-state index in [1.807, 2.05) is 44.2 Å². The van der Waals surface area contributed by atoms with Gasteiger partial charge in [-0.05, 0) is 30.7 Å². The van der Waals surface area contributed by atoms with Crippen LogP contribution in [-0.4, -0.2) is 16.2 Å². The molecule has 0 radical (unpaired) electrons. The van der Waals surface area contributed by atoms with Crippen molar-refractivity contribution in [3.8, 4) is 0 Å². The maximum Gasteiger partial charge on any atom is 0.243 e. The van der Waals surface area contributed by atoms with Crippen molar-refractivity contribution in [2.24, 2.45) is 5.10 Å². The molecule has 2 aromatic carbocycles. The topological polar surface area (TPSA) is 50.2 Å².